The largest absolute Gasteiger partial charge is 0.497 e. The molecule has 1 fully saturated rings. The summed E-state index contributed by atoms with van der Waals surface area (Å²) in [6.07, 6.45) is 1.27. The van der Waals surface area contributed by atoms with Gasteiger partial charge in [-0.1, -0.05) is 6.08 Å². The third kappa shape index (κ3) is 2.75. The van der Waals surface area contributed by atoms with Gasteiger partial charge < -0.3 is 14.2 Å². The third-order valence-electron chi connectivity index (χ3n) is 4.03. The number of rotatable bonds is 7. The first-order chi connectivity index (χ1) is 12.0. The maximum absolute atomic E-state index is 12.7. The molecule has 25 heavy (non-hydrogen) atoms. The molecule has 1 aromatic rings. The molecule has 7 nitrogen and oxygen atoms in total. The molecule has 1 aliphatic rings. The second-order valence-electron chi connectivity index (χ2n) is 5.29. The molecule has 1 aliphatic heterocycles. The van der Waals surface area contributed by atoms with E-state index < -0.39 is 29.3 Å². The van der Waals surface area contributed by atoms with Gasteiger partial charge in [-0.2, -0.15) is 0 Å². The fraction of sp³-hybridized carbons (Fsp3) is 0.389. The number of methoxy groups -OCH3 is 1. The average Bonchev–Trinajstić information content (AvgIpc) is 2.60. The Morgan fingerprint density at radius 2 is 1.68 bits per heavy atom. The van der Waals surface area contributed by atoms with E-state index in [1.165, 1.54) is 13.2 Å². The Balaban J connectivity index is 2.56. The molecular weight excluding hydrogens is 326 g/mol. The van der Waals surface area contributed by atoms with Crippen molar-refractivity contribution in [1.29, 1.82) is 0 Å². The quantitative estimate of drug-likeness (QED) is 0.323. The zero-order chi connectivity index (χ0) is 18.6. The van der Waals surface area contributed by atoms with Crippen LogP contribution in [0, 0.1) is 5.92 Å². The van der Waals surface area contributed by atoms with Gasteiger partial charge in [0, 0.05) is 5.69 Å². The fourth-order valence-electron chi connectivity index (χ4n) is 2.90. The van der Waals surface area contributed by atoms with Gasteiger partial charge >= 0.3 is 11.9 Å². The molecule has 1 heterocycles. The van der Waals surface area contributed by atoms with E-state index in [0.717, 1.165) is 4.90 Å². The zero-order valence-electron chi connectivity index (χ0n) is 14.5. The summed E-state index contributed by atoms with van der Waals surface area (Å²) in [6.45, 7) is 6.96. The number of carbonyl (C=O) groups is 3. The molecule has 1 saturated heterocycles. The highest BCUT2D eigenvalue weighted by Gasteiger charge is 2.71. The first-order valence-electron chi connectivity index (χ1n) is 7.94. The normalized spacial score (nSPS) is 18.1. The second-order valence-corrected chi connectivity index (χ2v) is 5.29. The maximum atomic E-state index is 12.7. The van der Waals surface area contributed by atoms with Crippen molar-refractivity contribution in [2.45, 2.75) is 19.4 Å². The fourth-order valence-corrected chi connectivity index (χ4v) is 2.90. The Kier molecular flexibility index (Phi) is 5.46. The highest BCUT2D eigenvalue weighted by atomic mass is 16.6. The van der Waals surface area contributed by atoms with Gasteiger partial charge in [-0.3, -0.25) is 9.69 Å². The summed E-state index contributed by atoms with van der Waals surface area (Å²) in [5.74, 6) is -2.58. The molecule has 0 aliphatic carbocycles. The number of esters is 2. The molecule has 0 spiro atoms. The van der Waals surface area contributed by atoms with E-state index in [-0.39, 0.29) is 13.2 Å². The number of ether oxygens (including phenoxy) is 3. The molecule has 134 valence electrons. The second kappa shape index (κ2) is 7.38. The minimum absolute atomic E-state index is 0.0640. The Bertz CT molecular complexity index is 663. The average molecular weight is 347 g/mol. The SMILES string of the molecule is C=CC1C(=O)N(c2ccc(OC)cc2)C1(C(=O)OCC)C(=O)OCC. The lowest BCUT2D eigenvalue weighted by Crippen LogP contribution is -2.79. The summed E-state index contributed by atoms with van der Waals surface area (Å²) in [4.78, 5) is 39.1. The standard InChI is InChI=1S/C18H21NO6/c1-5-14-15(20)19(12-8-10-13(23-4)11-9-12)18(14,16(21)24-6-2)17(22)25-7-3/h5,8-11,14H,1,6-7H2,2-4H3. The Morgan fingerprint density at radius 1 is 1.16 bits per heavy atom. The van der Waals surface area contributed by atoms with Crippen LogP contribution in [0.3, 0.4) is 0 Å². The van der Waals surface area contributed by atoms with E-state index in [0.29, 0.717) is 11.4 Å². The molecule has 1 unspecified atom stereocenters. The van der Waals surface area contributed by atoms with Crippen LogP contribution in [-0.4, -0.2) is 43.7 Å². The zero-order valence-corrected chi connectivity index (χ0v) is 14.5. The molecule has 0 N–H and O–H groups in total. The molecule has 1 aromatic carbocycles. The van der Waals surface area contributed by atoms with Gasteiger partial charge in [-0.15, -0.1) is 6.58 Å². The summed E-state index contributed by atoms with van der Waals surface area (Å²) in [5.41, 5.74) is -1.54. The van der Waals surface area contributed by atoms with Crippen molar-refractivity contribution in [3.63, 3.8) is 0 Å². The number of hydrogen-bond donors (Lipinski definition) is 0. The molecule has 1 atom stereocenters. The minimum atomic E-state index is -1.90. The molecule has 0 aromatic heterocycles. The number of anilines is 1. The van der Waals surface area contributed by atoms with Crippen molar-refractivity contribution >= 4 is 23.5 Å². The summed E-state index contributed by atoms with van der Waals surface area (Å²) in [7, 11) is 1.51. The van der Waals surface area contributed by atoms with Crippen molar-refractivity contribution in [3.8, 4) is 5.75 Å². The van der Waals surface area contributed by atoms with E-state index in [4.69, 9.17) is 14.2 Å². The van der Waals surface area contributed by atoms with Gasteiger partial charge in [0.05, 0.1) is 20.3 Å². The van der Waals surface area contributed by atoms with Crippen LogP contribution in [0.25, 0.3) is 0 Å². The molecule has 2 rings (SSSR count). The lowest BCUT2D eigenvalue weighted by molar-refractivity contribution is -0.175. The van der Waals surface area contributed by atoms with Crippen LogP contribution < -0.4 is 9.64 Å². The van der Waals surface area contributed by atoms with Crippen molar-refractivity contribution in [3.05, 3.63) is 36.9 Å². The number of hydrogen-bond acceptors (Lipinski definition) is 6. The van der Waals surface area contributed by atoms with Crippen LogP contribution in [0.1, 0.15) is 13.8 Å². The summed E-state index contributed by atoms with van der Waals surface area (Å²) in [5, 5.41) is 0. The van der Waals surface area contributed by atoms with Crippen molar-refractivity contribution < 1.29 is 28.6 Å². The van der Waals surface area contributed by atoms with Crippen LogP contribution in [0.15, 0.2) is 36.9 Å². The van der Waals surface area contributed by atoms with Crippen LogP contribution in [-0.2, 0) is 23.9 Å². The van der Waals surface area contributed by atoms with Gasteiger partial charge in [0.2, 0.25) is 5.91 Å². The predicted octanol–water partition coefficient (Wildman–Crippen LogP) is 1.71. The van der Waals surface area contributed by atoms with Crippen LogP contribution >= 0.6 is 0 Å². The minimum Gasteiger partial charge on any atom is -0.497 e. The Hall–Kier alpha value is -2.83. The van der Waals surface area contributed by atoms with Crippen LogP contribution in [0.2, 0.25) is 0 Å². The maximum Gasteiger partial charge on any atom is 0.345 e. The molecule has 0 radical (unpaired) electrons. The van der Waals surface area contributed by atoms with E-state index in [1.807, 2.05) is 0 Å². The number of carbonyl (C=O) groups excluding carboxylic acids is 3. The molecule has 0 bridgehead atoms. The van der Waals surface area contributed by atoms with Gasteiger partial charge in [-0.05, 0) is 38.1 Å². The third-order valence-corrected chi connectivity index (χ3v) is 4.03. The summed E-state index contributed by atoms with van der Waals surface area (Å²) in [6, 6.07) is 6.43. The molecule has 1 amide bonds. The van der Waals surface area contributed by atoms with E-state index in [9.17, 15) is 14.4 Å². The van der Waals surface area contributed by atoms with E-state index in [2.05, 4.69) is 6.58 Å². The lowest BCUT2D eigenvalue weighted by Gasteiger charge is -2.51. The highest BCUT2D eigenvalue weighted by molar-refractivity contribution is 6.26. The van der Waals surface area contributed by atoms with Crippen molar-refractivity contribution in [2.75, 3.05) is 25.2 Å². The monoisotopic (exact) mass is 347 g/mol. The van der Waals surface area contributed by atoms with Gasteiger partial charge in [0.25, 0.3) is 5.54 Å². The summed E-state index contributed by atoms with van der Waals surface area (Å²) < 4.78 is 15.3. The smallest absolute Gasteiger partial charge is 0.345 e. The topological polar surface area (TPSA) is 82.1 Å². The number of β-lactam (4-membered cyclic amide) rings is 1. The van der Waals surface area contributed by atoms with Crippen molar-refractivity contribution in [1.82, 2.24) is 0 Å². The Labute approximate surface area is 146 Å². The number of nitrogens with zero attached hydrogens (tertiary/aromatic N) is 1. The Morgan fingerprint density at radius 3 is 2.08 bits per heavy atom. The molecule has 7 heteroatoms. The van der Waals surface area contributed by atoms with Crippen LogP contribution in [0.5, 0.6) is 5.75 Å². The number of benzene rings is 1. The van der Waals surface area contributed by atoms with Crippen LogP contribution in [0.4, 0.5) is 5.69 Å². The molecular formula is C18H21NO6. The van der Waals surface area contributed by atoms with Gasteiger partial charge in [0.1, 0.15) is 11.7 Å². The van der Waals surface area contributed by atoms with E-state index in [1.54, 1.807) is 38.1 Å². The summed E-state index contributed by atoms with van der Waals surface area (Å²) >= 11 is 0. The van der Waals surface area contributed by atoms with Crippen molar-refractivity contribution in [2.24, 2.45) is 5.92 Å². The number of amides is 1. The predicted molar refractivity (Wildman–Crippen MR) is 90.2 cm³/mol. The molecule has 0 saturated carbocycles. The van der Waals surface area contributed by atoms with Gasteiger partial charge in [-0.25, -0.2) is 9.59 Å². The first kappa shape index (κ1) is 18.5. The van der Waals surface area contributed by atoms with E-state index >= 15 is 0 Å². The highest BCUT2D eigenvalue weighted by Crippen LogP contribution is 2.44. The first-order valence-corrected chi connectivity index (χ1v) is 7.94. The lowest BCUT2D eigenvalue weighted by atomic mass is 9.72. The van der Waals surface area contributed by atoms with Gasteiger partial charge in [0.15, 0.2) is 0 Å².